The molecule has 0 unspecified atom stereocenters. The molecule has 0 aliphatic heterocycles. The Kier molecular flexibility index (Phi) is 6.23. The minimum absolute atomic E-state index is 0.270. The summed E-state index contributed by atoms with van der Waals surface area (Å²) < 4.78 is 6.66. The Morgan fingerprint density at radius 3 is 2.50 bits per heavy atom. The average molecular weight is 495 g/mol. The third-order valence-electron chi connectivity index (χ3n) is 5.27. The van der Waals surface area contributed by atoms with Crippen LogP contribution < -0.4 is 10.7 Å². The molecular formula is C24H23BrN4O3. The van der Waals surface area contributed by atoms with E-state index in [9.17, 15) is 9.59 Å². The molecule has 1 aromatic carbocycles. The first-order valence-electron chi connectivity index (χ1n) is 10.3. The highest BCUT2D eigenvalue weighted by atomic mass is 79.9. The van der Waals surface area contributed by atoms with Crippen molar-refractivity contribution in [2.45, 2.75) is 40.0 Å². The van der Waals surface area contributed by atoms with Crippen LogP contribution in [0, 0.1) is 20.8 Å². The van der Waals surface area contributed by atoms with Crippen LogP contribution in [0.25, 0.3) is 0 Å². The number of nitrogens with zero attached hydrogens (tertiary/aromatic N) is 2. The molecule has 0 saturated heterocycles. The lowest BCUT2D eigenvalue weighted by Gasteiger charge is -2.13. The van der Waals surface area contributed by atoms with Gasteiger partial charge in [0, 0.05) is 40.1 Å². The van der Waals surface area contributed by atoms with Crippen LogP contribution in [0.4, 0.5) is 5.69 Å². The number of hydrazone groups is 1. The number of pyridine rings is 1. The van der Waals surface area contributed by atoms with Crippen LogP contribution in [0.3, 0.4) is 0 Å². The van der Waals surface area contributed by atoms with Gasteiger partial charge in [0.05, 0.1) is 11.3 Å². The zero-order valence-corrected chi connectivity index (χ0v) is 19.7. The Hall–Kier alpha value is -3.26. The highest BCUT2D eigenvalue weighted by molar-refractivity contribution is 9.10. The quantitative estimate of drug-likeness (QED) is 0.493. The van der Waals surface area contributed by atoms with Crippen molar-refractivity contribution in [2.75, 3.05) is 5.32 Å². The first-order chi connectivity index (χ1) is 15.3. The molecule has 1 aliphatic carbocycles. The number of aryl methyl sites for hydroxylation is 3. The van der Waals surface area contributed by atoms with Gasteiger partial charge in [-0.25, -0.2) is 5.43 Å². The molecule has 2 amide bonds. The summed E-state index contributed by atoms with van der Waals surface area (Å²) in [6.45, 7) is 5.82. The molecule has 0 atom stereocenters. The van der Waals surface area contributed by atoms with E-state index in [2.05, 4.69) is 36.8 Å². The zero-order chi connectivity index (χ0) is 22.8. The van der Waals surface area contributed by atoms with Gasteiger partial charge in [0.25, 0.3) is 11.8 Å². The summed E-state index contributed by atoms with van der Waals surface area (Å²) in [6, 6.07) is 7.56. The molecule has 4 rings (SSSR count). The molecule has 164 valence electrons. The summed E-state index contributed by atoms with van der Waals surface area (Å²) in [5, 5.41) is 7.28. The summed E-state index contributed by atoms with van der Waals surface area (Å²) in [6.07, 6.45) is 5.31. The first kappa shape index (κ1) is 22.0. The van der Waals surface area contributed by atoms with Gasteiger partial charge in [0.15, 0.2) is 5.76 Å². The molecular weight excluding hydrogens is 472 g/mol. The smallest absolute Gasteiger partial charge is 0.291 e. The topological polar surface area (TPSA) is 96.6 Å². The van der Waals surface area contributed by atoms with Gasteiger partial charge in [-0.3, -0.25) is 14.6 Å². The van der Waals surface area contributed by atoms with Crippen LogP contribution in [0.15, 0.2) is 50.7 Å². The van der Waals surface area contributed by atoms with Crippen LogP contribution in [0.5, 0.6) is 0 Å². The summed E-state index contributed by atoms with van der Waals surface area (Å²) in [5.74, 6) is 0.334. The van der Waals surface area contributed by atoms with Crippen LogP contribution in [-0.4, -0.2) is 22.5 Å². The maximum atomic E-state index is 12.9. The van der Waals surface area contributed by atoms with E-state index in [1.165, 1.54) is 6.20 Å². The zero-order valence-electron chi connectivity index (χ0n) is 18.1. The molecule has 8 heteroatoms. The van der Waals surface area contributed by atoms with Gasteiger partial charge in [-0.05, 0) is 78.9 Å². The minimum Gasteiger partial charge on any atom is -0.455 e. The standard InChI is InChI=1S/C24H23BrN4O3/c1-13-7-14(2)9-18(8-13)27-24(31)22-15(3)21-19(5-4-6-20(21)32-22)28-29-23(30)16-10-17(25)12-26-11-16/h7-12H,4-6H2,1-3H3,(H,27,31)(H,29,30)/b28-19+. The SMILES string of the molecule is Cc1cc(C)cc(NC(=O)c2oc3c(c2C)/C(=N/NC(=O)c2cncc(Br)c2)CCC3)c1. The van der Waals surface area contributed by atoms with Crippen molar-refractivity contribution in [3.63, 3.8) is 0 Å². The largest absolute Gasteiger partial charge is 0.455 e. The maximum absolute atomic E-state index is 12.9. The van der Waals surface area contributed by atoms with E-state index in [1.54, 1.807) is 12.3 Å². The van der Waals surface area contributed by atoms with Gasteiger partial charge in [0.1, 0.15) is 5.76 Å². The van der Waals surface area contributed by atoms with Crippen molar-refractivity contribution in [3.8, 4) is 0 Å². The van der Waals surface area contributed by atoms with E-state index in [4.69, 9.17) is 4.42 Å². The van der Waals surface area contributed by atoms with E-state index in [0.717, 1.165) is 46.5 Å². The van der Waals surface area contributed by atoms with Crippen LogP contribution >= 0.6 is 15.9 Å². The number of nitrogens with one attached hydrogen (secondary N) is 2. The van der Waals surface area contributed by atoms with E-state index >= 15 is 0 Å². The Morgan fingerprint density at radius 2 is 1.78 bits per heavy atom. The Bertz CT molecular complexity index is 1230. The molecule has 0 radical (unpaired) electrons. The number of furan rings is 1. The molecule has 0 fully saturated rings. The average Bonchev–Trinajstić information content (AvgIpc) is 3.08. The first-order valence-corrected chi connectivity index (χ1v) is 11.1. The second kappa shape index (κ2) is 9.08. The number of benzene rings is 1. The Morgan fingerprint density at radius 1 is 1.03 bits per heavy atom. The number of aromatic nitrogens is 1. The fraction of sp³-hybridized carbons (Fsp3) is 0.250. The normalized spacial score (nSPS) is 14.2. The van der Waals surface area contributed by atoms with Gasteiger partial charge < -0.3 is 9.73 Å². The minimum atomic E-state index is -0.354. The van der Waals surface area contributed by atoms with Crippen molar-refractivity contribution in [1.29, 1.82) is 0 Å². The number of amides is 2. The van der Waals surface area contributed by atoms with Gasteiger partial charge in [-0.2, -0.15) is 5.10 Å². The van der Waals surface area contributed by atoms with Crippen LogP contribution in [0.1, 0.15) is 61.8 Å². The molecule has 32 heavy (non-hydrogen) atoms. The third-order valence-corrected chi connectivity index (χ3v) is 5.70. The summed E-state index contributed by atoms with van der Waals surface area (Å²) in [5.41, 5.74) is 8.09. The highest BCUT2D eigenvalue weighted by Crippen LogP contribution is 2.30. The van der Waals surface area contributed by atoms with E-state index in [1.807, 2.05) is 39.0 Å². The van der Waals surface area contributed by atoms with Gasteiger partial charge >= 0.3 is 0 Å². The van der Waals surface area contributed by atoms with Gasteiger partial charge in [-0.15, -0.1) is 0 Å². The van der Waals surface area contributed by atoms with Crippen molar-refractivity contribution in [3.05, 3.63) is 80.5 Å². The second-order valence-electron chi connectivity index (χ2n) is 7.93. The number of hydrogen-bond donors (Lipinski definition) is 2. The fourth-order valence-electron chi connectivity index (χ4n) is 3.95. The summed E-state index contributed by atoms with van der Waals surface area (Å²) in [4.78, 5) is 29.4. The van der Waals surface area contributed by atoms with Crippen molar-refractivity contribution < 1.29 is 14.0 Å². The van der Waals surface area contributed by atoms with Crippen molar-refractivity contribution in [1.82, 2.24) is 10.4 Å². The van der Waals surface area contributed by atoms with Crippen LogP contribution in [0.2, 0.25) is 0 Å². The third kappa shape index (κ3) is 4.65. The van der Waals surface area contributed by atoms with Gasteiger partial charge in [0.2, 0.25) is 0 Å². The van der Waals surface area contributed by atoms with Crippen molar-refractivity contribution >= 4 is 39.1 Å². The fourth-order valence-corrected chi connectivity index (χ4v) is 4.32. The Labute approximate surface area is 194 Å². The number of rotatable bonds is 4. The number of anilines is 1. The molecule has 3 aromatic rings. The molecule has 0 saturated carbocycles. The predicted molar refractivity (Wildman–Crippen MR) is 126 cm³/mol. The molecule has 2 N–H and O–H groups in total. The van der Waals surface area contributed by atoms with E-state index in [-0.39, 0.29) is 17.6 Å². The van der Waals surface area contributed by atoms with E-state index < -0.39 is 0 Å². The molecule has 0 bridgehead atoms. The molecule has 2 aromatic heterocycles. The number of carbonyl (C=O) groups is 2. The lowest BCUT2D eigenvalue weighted by molar-refractivity contribution is 0.0953. The lowest BCUT2D eigenvalue weighted by atomic mass is 9.93. The van der Waals surface area contributed by atoms with Crippen LogP contribution in [-0.2, 0) is 6.42 Å². The number of halogens is 1. The monoisotopic (exact) mass is 494 g/mol. The number of hydrogen-bond acceptors (Lipinski definition) is 5. The highest BCUT2D eigenvalue weighted by Gasteiger charge is 2.28. The number of carbonyl (C=O) groups excluding carboxylic acids is 2. The van der Waals surface area contributed by atoms with E-state index in [0.29, 0.717) is 22.2 Å². The van der Waals surface area contributed by atoms with Gasteiger partial charge in [-0.1, -0.05) is 6.07 Å². The molecule has 0 spiro atoms. The molecule has 7 nitrogen and oxygen atoms in total. The molecule has 2 heterocycles. The predicted octanol–water partition coefficient (Wildman–Crippen LogP) is 5.09. The second-order valence-corrected chi connectivity index (χ2v) is 8.85. The Balaban J connectivity index is 1.57. The summed E-state index contributed by atoms with van der Waals surface area (Å²) in [7, 11) is 0. The maximum Gasteiger partial charge on any atom is 0.291 e. The molecule has 1 aliphatic rings. The lowest BCUT2D eigenvalue weighted by Crippen LogP contribution is -2.22. The summed E-state index contributed by atoms with van der Waals surface area (Å²) >= 11 is 3.31. The number of fused-ring (bicyclic) bond motifs is 1. The van der Waals surface area contributed by atoms with Crippen molar-refractivity contribution in [2.24, 2.45) is 5.10 Å².